The first kappa shape index (κ1) is 21.2. The Bertz CT molecular complexity index is 1060. The number of benzene rings is 2. The van der Waals surface area contributed by atoms with Gasteiger partial charge < -0.3 is 14.4 Å². The molecule has 6 nitrogen and oxygen atoms in total. The zero-order valence-electron chi connectivity index (χ0n) is 17.6. The van der Waals surface area contributed by atoms with Crippen LogP contribution in [0.2, 0.25) is 5.02 Å². The van der Waals surface area contributed by atoms with Crippen molar-refractivity contribution in [3.05, 3.63) is 64.9 Å². The predicted molar refractivity (Wildman–Crippen MR) is 117 cm³/mol. The van der Waals surface area contributed by atoms with Crippen molar-refractivity contribution in [1.82, 2.24) is 4.90 Å². The highest BCUT2D eigenvalue weighted by Crippen LogP contribution is 2.41. The summed E-state index contributed by atoms with van der Waals surface area (Å²) in [5.74, 6) is -0.415. The molecule has 0 radical (unpaired) electrons. The number of carbonyl (C=O) groups excluding carboxylic acids is 2. The third kappa shape index (κ3) is 3.63. The molecule has 0 N–H and O–H groups in total. The summed E-state index contributed by atoms with van der Waals surface area (Å²) >= 11 is 6.09. The Balaban J connectivity index is 1.38. The molecule has 3 aliphatic heterocycles. The van der Waals surface area contributed by atoms with Crippen LogP contribution in [-0.2, 0) is 19.7 Å². The van der Waals surface area contributed by atoms with Gasteiger partial charge in [-0.25, -0.2) is 9.18 Å². The van der Waals surface area contributed by atoms with E-state index in [4.69, 9.17) is 21.1 Å². The summed E-state index contributed by atoms with van der Waals surface area (Å²) in [6, 6.07) is 13.4. The maximum absolute atomic E-state index is 14.0. The van der Waals surface area contributed by atoms with Crippen molar-refractivity contribution in [2.24, 2.45) is 0 Å². The number of carbonyl (C=O) groups is 2. The number of hydrogen-bond acceptors (Lipinski definition) is 4. The van der Waals surface area contributed by atoms with Crippen LogP contribution < -0.4 is 4.90 Å². The summed E-state index contributed by atoms with van der Waals surface area (Å²) in [4.78, 5) is 29.8. The van der Waals surface area contributed by atoms with Crippen LogP contribution in [0.1, 0.15) is 24.8 Å². The molecule has 0 saturated carbocycles. The molecule has 1 spiro atoms. The van der Waals surface area contributed by atoms with Crippen LogP contribution in [-0.4, -0.2) is 55.3 Å². The molecule has 5 rings (SSSR count). The number of anilines is 1. The van der Waals surface area contributed by atoms with Crippen molar-refractivity contribution in [1.29, 1.82) is 0 Å². The van der Waals surface area contributed by atoms with Gasteiger partial charge in [0.15, 0.2) is 5.60 Å². The molecule has 2 aromatic carbocycles. The van der Waals surface area contributed by atoms with Crippen LogP contribution in [0.15, 0.2) is 48.5 Å². The molecule has 0 aliphatic carbocycles. The molecule has 3 saturated heterocycles. The Morgan fingerprint density at radius 1 is 1.03 bits per heavy atom. The fourth-order valence-electron chi connectivity index (χ4n) is 5.13. The number of nitrogens with zero attached hydrogens (tertiary/aromatic N) is 2. The van der Waals surface area contributed by atoms with Crippen LogP contribution in [0.4, 0.5) is 14.9 Å². The zero-order chi connectivity index (χ0) is 22.3. The number of likely N-dealkylation sites (tertiary alicyclic amines) is 1. The standard InChI is InChI=1S/C24H24ClFN2O4/c25-18-4-2-6-20(14-18)28-16-23(32-22(28)30)7-10-27(15-23)21(29)24(8-11-31-12-9-24)17-3-1-5-19(26)13-17/h1-6,13-14H,7-12,15-16H2/t23-/m1/s1. The second kappa shape index (κ2) is 8.05. The fraction of sp³-hybridized carbons (Fsp3) is 0.417. The summed E-state index contributed by atoms with van der Waals surface area (Å²) in [5.41, 5.74) is -0.245. The van der Waals surface area contributed by atoms with Crippen molar-refractivity contribution in [2.75, 3.05) is 37.7 Å². The van der Waals surface area contributed by atoms with E-state index < -0.39 is 17.1 Å². The molecule has 8 heteroatoms. The van der Waals surface area contributed by atoms with Gasteiger partial charge in [0, 0.05) is 36.9 Å². The van der Waals surface area contributed by atoms with E-state index in [-0.39, 0.29) is 11.7 Å². The molecule has 168 valence electrons. The van der Waals surface area contributed by atoms with Gasteiger partial charge in [0.05, 0.1) is 18.5 Å². The number of ether oxygens (including phenoxy) is 2. The predicted octanol–water partition coefficient (Wildman–Crippen LogP) is 4.16. The van der Waals surface area contributed by atoms with Crippen LogP contribution in [0, 0.1) is 5.82 Å². The largest absolute Gasteiger partial charge is 0.439 e. The van der Waals surface area contributed by atoms with E-state index in [9.17, 15) is 14.0 Å². The van der Waals surface area contributed by atoms with Crippen LogP contribution in [0.25, 0.3) is 0 Å². The lowest BCUT2D eigenvalue weighted by molar-refractivity contribution is -0.141. The molecular weight excluding hydrogens is 435 g/mol. The van der Waals surface area contributed by atoms with Gasteiger partial charge >= 0.3 is 6.09 Å². The Kier molecular flexibility index (Phi) is 5.34. The zero-order valence-corrected chi connectivity index (χ0v) is 18.3. The monoisotopic (exact) mass is 458 g/mol. The Morgan fingerprint density at radius 2 is 1.81 bits per heavy atom. The normalized spacial score (nSPS) is 24.8. The first-order valence-electron chi connectivity index (χ1n) is 10.8. The van der Waals surface area contributed by atoms with E-state index in [1.165, 1.54) is 12.1 Å². The fourth-order valence-corrected chi connectivity index (χ4v) is 5.32. The average molecular weight is 459 g/mol. The smallest absolute Gasteiger partial charge is 0.415 e. The topological polar surface area (TPSA) is 59.1 Å². The van der Waals surface area contributed by atoms with Gasteiger partial charge in [-0.2, -0.15) is 0 Å². The van der Waals surface area contributed by atoms with Gasteiger partial charge in [-0.15, -0.1) is 0 Å². The second-order valence-corrected chi connectivity index (χ2v) is 9.23. The maximum atomic E-state index is 14.0. The van der Waals surface area contributed by atoms with Crippen molar-refractivity contribution in [3.8, 4) is 0 Å². The van der Waals surface area contributed by atoms with E-state index in [1.807, 2.05) is 12.1 Å². The first-order chi connectivity index (χ1) is 15.4. The number of amides is 2. The van der Waals surface area contributed by atoms with Gasteiger partial charge in [-0.05, 0) is 48.7 Å². The molecular formula is C24H24ClFN2O4. The third-order valence-corrected chi connectivity index (χ3v) is 7.06. The van der Waals surface area contributed by atoms with E-state index in [0.29, 0.717) is 68.4 Å². The molecule has 2 amide bonds. The van der Waals surface area contributed by atoms with Crippen LogP contribution >= 0.6 is 11.6 Å². The summed E-state index contributed by atoms with van der Waals surface area (Å²) in [5, 5.41) is 0.538. The Morgan fingerprint density at radius 3 is 2.56 bits per heavy atom. The molecule has 3 fully saturated rings. The second-order valence-electron chi connectivity index (χ2n) is 8.80. The quantitative estimate of drug-likeness (QED) is 0.693. The van der Waals surface area contributed by atoms with Crippen LogP contribution in [0.3, 0.4) is 0 Å². The minimum absolute atomic E-state index is 0.0551. The lowest BCUT2D eigenvalue weighted by Gasteiger charge is -2.39. The van der Waals surface area contributed by atoms with Gasteiger partial charge in [0.25, 0.3) is 0 Å². The van der Waals surface area contributed by atoms with E-state index in [0.717, 1.165) is 0 Å². The van der Waals surface area contributed by atoms with Gasteiger partial charge in [0.1, 0.15) is 5.82 Å². The number of rotatable bonds is 3. The molecule has 0 unspecified atom stereocenters. The molecule has 2 aromatic rings. The maximum Gasteiger partial charge on any atom is 0.415 e. The van der Waals surface area contributed by atoms with Crippen molar-refractivity contribution < 1.29 is 23.5 Å². The van der Waals surface area contributed by atoms with Crippen molar-refractivity contribution >= 4 is 29.3 Å². The van der Waals surface area contributed by atoms with E-state index in [2.05, 4.69) is 0 Å². The number of halogens is 2. The van der Waals surface area contributed by atoms with Crippen molar-refractivity contribution in [3.63, 3.8) is 0 Å². The minimum Gasteiger partial charge on any atom is -0.439 e. The van der Waals surface area contributed by atoms with E-state index in [1.54, 1.807) is 34.1 Å². The molecule has 1 atom stereocenters. The summed E-state index contributed by atoms with van der Waals surface area (Å²) in [6.45, 7) is 2.03. The highest BCUT2D eigenvalue weighted by atomic mass is 35.5. The molecule has 3 aliphatic rings. The molecule has 0 bridgehead atoms. The molecule has 32 heavy (non-hydrogen) atoms. The van der Waals surface area contributed by atoms with E-state index >= 15 is 0 Å². The summed E-state index contributed by atoms with van der Waals surface area (Å²) < 4.78 is 25.3. The first-order valence-corrected chi connectivity index (χ1v) is 11.2. The van der Waals surface area contributed by atoms with Gasteiger partial charge in [0.2, 0.25) is 5.91 Å². The molecule has 3 heterocycles. The minimum atomic E-state index is -0.832. The summed E-state index contributed by atoms with van der Waals surface area (Å²) in [7, 11) is 0. The summed E-state index contributed by atoms with van der Waals surface area (Å²) in [6.07, 6.45) is 1.10. The third-order valence-electron chi connectivity index (χ3n) is 6.83. The highest BCUT2D eigenvalue weighted by Gasteiger charge is 2.54. The highest BCUT2D eigenvalue weighted by molar-refractivity contribution is 6.30. The lowest BCUT2D eigenvalue weighted by Crippen LogP contribution is -2.50. The Labute approximate surface area is 190 Å². The molecule has 0 aromatic heterocycles. The lowest BCUT2D eigenvalue weighted by atomic mass is 9.73. The van der Waals surface area contributed by atoms with Gasteiger partial charge in [-0.3, -0.25) is 9.69 Å². The number of hydrogen-bond donors (Lipinski definition) is 0. The van der Waals surface area contributed by atoms with Crippen molar-refractivity contribution in [2.45, 2.75) is 30.3 Å². The van der Waals surface area contributed by atoms with Crippen LogP contribution in [0.5, 0.6) is 0 Å². The Hall–Kier alpha value is -2.64. The average Bonchev–Trinajstić information content (AvgIpc) is 3.36. The SMILES string of the molecule is O=C1O[C@@]2(CCN(C(=O)C3(c4cccc(F)c4)CCOCC3)C2)CN1c1cccc(Cl)c1. The van der Waals surface area contributed by atoms with Gasteiger partial charge in [-0.1, -0.05) is 29.8 Å².